The average molecular weight is 307 g/mol. The molecule has 0 unspecified atom stereocenters. The van der Waals surface area contributed by atoms with Gasteiger partial charge in [-0.25, -0.2) is 4.39 Å². The average Bonchev–Trinajstić information content (AvgIpc) is 2.55. The van der Waals surface area contributed by atoms with Crippen LogP contribution in [0.1, 0.15) is 31.2 Å². The van der Waals surface area contributed by atoms with Gasteiger partial charge in [-0.1, -0.05) is 6.07 Å². The standard InChI is InChI=1S/C17H22FNO3/c18-14-4-3-13-2-1-8-19(16(13)12-14)17(20)7-11-22-15-5-9-21-10-6-15/h3-4,12,15H,1-2,5-11H2. The number of halogens is 1. The van der Waals surface area contributed by atoms with Gasteiger partial charge in [-0.2, -0.15) is 0 Å². The monoisotopic (exact) mass is 307 g/mol. The summed E-state index contributed by atoms with van der Waals surface area (Å²) in [5.74, 6) is -0.282. The SMILES string of the molecule is O=C(CCOC1CCOCC1)N1CCCc2ccc(F)cc21. The molecule has 0 N–H and O–H groups in total. The van der Waals surface area contributed by atoms with E-state index in [9.17, 15) is 9.18 Å². The highest BCUT2D eigenvalue weighted by Crippen LogP contribution is 2.28. The summed E-state index contributed by atoms with van der Waals surface area (Å²) in [5, 5.41) is 0. The van der Waals surface area contributed by atoms with E-state index in [0.29, 0.717) is 19.6 Å². The maximum Gasteiger partial charge on any atom is 0.229 e. The Kier molecular flexibility index (Phi) is 5.05. The number of fused-ring (bicyclic) bond motifs is 1. The number of hydrogen-bond acceptors (Lipinski definition) is 3. The van der Waals surface area contributed by atoms with Crippen LogP contribution in [0, 0.1) is 5.82 Å². The van der Waals surface area contributed by atoms with E-state index in [2.05, 4.69) is 0 Å². The Morgan fingerprint density at radius 1 is 1.36 bits per heavy atom. The molecule has 1 amide bonds. The van der Waals surface area contributed by atoms with E-state index in [1.54, 1.807) is 11.0 Å². The predicted octanol–water partition coefficient (Wildman–Crippen LogP) is 2.69. The molecule has 0 bridgehead atoms. The molecule has 0 radical (unpaired) electrons. The molecule has 1 fully saturated rings. The summed E-state index contributed by atoms with van der Waals surface area (Å²) in [6.45, 7) is 2.55. The van der Waals surface area contributed by atoms with Crippen molar-refractivity contribution in [3.8, 4) is 0 Å². The van der Waals surface area contributed by atoms with E-state index in [0.717, 1.165) is 50.1 Å². The lowest BCUT2D eigenvalue weighted by atomic mass is 10.0. The highest BCUT2D eigenvalue weighted by molar-refractivity contribution is 5.94. The third-order valence-electron chi connectivity index (χ3n) is 4.30. The van der Waals surface area contributed by atoms with Crippen LogP contribution in [0.2, 0.25) is 0 Å². The molecule has 1 aromatic rings. The van der Waals surface area contributed by atoms with Crippen molar-refractivity contribution in [2.75, 3.05) is 31.3 Å². The van der Waals surface area contributed by atoms with Gasteiger partial charge < -0.3 is 14.4 Å². The molecule has 5 heteroatoms. The Hall–Kier alpha value is -1.46. The minimum atomic E-state index is -0.295. The molecular weight excluding hydrogens is 285 g/mol. The smallest absolute Gasteiger partial charge is 0.229 e. The lowest BCUT2D eigenvalue weighted by Gasteiger charge is -2.30. The van der Waals surface area contributed by atoms with E-state index in [4.69, 9.17) is 9.47 Å². The van der Waals surface area contributed by atoms with Crippen molar-refractivity contribution in [2.24, 2.45) is 0 Å². The van der Waals surface area contributed by atoms with Crippen LogP contribution < -0.4 is 4.90 Å². The fourth-order valence-electron chi connectivity index (χ4n) is 3.10. The number of hydrogen-bond donors (Lipinski definition) is 0. The summed E-state index contributed by atoms with van der Waals surface area (Å²) < 4.78 is 24.5. The Balaban J connectivity index is 1.55. The lowest BCUT2D eigenvalue weighted by molar-refractivity contribution is -0.120. The second kappa shape index (κ2) is 7.20. The van der Waals surface area contributed by atoms with Gasteiger partial charge in [-0.15, -0.1) is 0 Å². The Labute approximate surface area is 130 Å². The molecule has 4 nitrogen and oxygen atoms in total. The van der Waals surface area contributed by atoms with Crippen LogP contribution in [0.25, 0.3) is 0 Å². The number of rotatable bonds is 4. The maximum atomic E-state index is 13.5. The Morgan fingerprint density at radius 2 is 2.18 bits per heavy atom. The largest absolute Gasteiger partial charge is 0.381 e. The molecular formula is C17H22FNO3. The lowest BCUT2D eigenvalue weighted by Crippen LogP contribution is -2.36. The minimum absolute atomic E-state index is 0.0126. The Morgan fingerprint density at radius 3 is 3.00 bits per heavy atom. The van der Waals surface area contributed by atoms with Crippen LogP contribution in [-0.4, -0.2) is 38.4 Å². The fourth-order valence-corrected chi connectivity index (χ4v) is 3.10. The quantitative estimate of drug-likeness (QED) is 0.858. The second-order valence-corrected chi connectivity index (χ2v) is 5.85. The third-order valence-corrected chi connectivity index (χ3v) is 4.30. The predicted molar refractivity (Wildman–Crippen MR) is 81.5 cm³/mol. The molecule has 2 heterocycles. The van der Waals surface area contributed by atoms with Gasteiger partial charge >= 0.3 is 0 Å². The van der Waals surface area contributed by atoms with E-state index in [1.165, 1.54) is 12.1 Å². The number of anilines is 1. The normalized spacial score (nSPS) is 19.0. The van der Waals surface area contributed by atoms with Gasteiger partial charge in [0.1, 0.15) is 5.82 Å². The molecule has 0 aliphatic carbocycles. The number of carbonyl (C=O) groups excluding carboxylic acids is 1. The molecule has 2 aliphatic heterocycles. The van der Waals surface area contributed by atoms with E-state index < -0.39 is 0 Å². The summed E-state index contributed by atoms with van der Waals surface area (Å²) in [5.41, 5.74) is 1.77. The zero-order chi connectivity index (χ0) is 15.4. The fraction of sp³-hybridized carbons (Fsp3) is 0.588. The topological polar surface area (TPSA) is 38.8 Å². The van der Waals surface area contributed by atoms with Crippen molar-refractivity contribution < 1.29 is 18.7 Å². The molecule has 0 spiro atoms. The first-order chi connectivity index (χ1) is 10.7. The van der Waals surface area contributed by atoms with Crippen LogP contribution in [-0.2, 0) is 20.7 Å². The van der Waals surface area contributed by atoms with Crippen molar-refractivity contribution in [3.05, 3.63) is 29.6 Å². The number of amides is 1. The van der Waals surface area contributed by atoms with Crippen molar-refractivity contribution in [1.29, 1.82) is 0 Å². The first-order valence-electron chi connectivity index (χ1n) is 8.02. The van der Waals surface area contributed by atoms with Crippen LogP contribution in [0.15, 0.2) is 18.2 Å². The van der Waals surface area contributed by atoms with Crippen molar-refractivity contribution in [2.45, 2.75) is 38.2 Å². The van der Waals surface area contributed by atoms with E-state index in [1.807, 2.05) is 0 Å². The minimum Gasteiger partial charge on any atom is -0.381 e. The summed E-state index contributed by atoms with van der Waals surface area (Å²) >= 11 is 0. The number of benzene rings is 1. The summed E-state index contributed by atoms with van der Waals surface area (Å²) in [7, 11) is 0. The second-order valence-electron chi connectivity index (χ2n) is 5.85. The van der Waals surface area contributed by atoms with Crippen LogP contribution >= 0.6 is 0 Å². The van der Waals surface area contributed by atoms with Gasteiger partial charge in [-0.05, 0) is 43.4 Å². The molecule has 0 atom stereocenters. The zero-order valence-corrected chi connectivity index (χ0v) is 12.7. The van der Waals surface area contributed by atoms with Crippen molar-refractivity contribution in [1.82, 2.24) is 0 Å². The molecule has 22 heavy (non-hydrogen) atoms. The maximum absolute atomic E-state index is 13.5. The van der Waals surface area contributed by atoms with Gasteiger partial charge in [0.2, 0.25) is 5.91 Å². The zero-order valence-electron chi connectivity index (χ0n) is 12.7. The molecule has 0 aromatic heterocycles. The molecule has 1 aromatic carbocycles. The number of carbonyl (C=O) groups is 1. The molecule has 0 saturated carbocycles. The van der Waals surface area contributed by atoms with Crippen LogP contribution in [0.4, 0.5) is 10.1 Å². The van der Waals surface area contributed by atoms with Gasteiger partial charge in [0.25, 0.3) is 0 Å². The van der Waals surface area contributed by atoms with Gasteiger partial charge in [-0.3, -0.25) is 4.79 Å². The van der Waals surface area contributed by atoms with Gasteiger partial charge in [0.15, 0.2) is 0 Å². The molecule has 2 aliphatic rings. The van der Waals surface area contributed by atoms with E-state index in [-0.39, 0.29) is 17.8 Å². The highest BCUT2D eigenvalue weighted by atomic mass is 19.1. The number of ether oxygens (including phenoxy) is 2. The van der Waals surface area contributed by atoms with Gasteiger partial charge in [0.05, 0.1) is 19.1 Å². The number of nitrogens with zero attached hydrogens (tertiary/aromatic N) is 1. The summed E-state index contributed by atoms with van der Waals surface area (Å²) in [6.07, 6.45) is 4.15. The van der Waals surface area contributed by atoms with Gasteiger partial charge in [0, 0.05) is 25.4 Å². The van der Waals surface area contributed by atoms with Crippen LogP contribution in [0.5, 0.6) is 0 Å². The highest BCUT2D eigenvalue weighted by Gasteiger charge is 2.23. The summed E-state index contributed by atoms with van der Waals surface area (Å²) in [6, 6.07) is 4.70. The first kappa shape index (κ1) is 15.4. The van der Waals surface area contributed by atoms with E-state index >= 15 is 0 Å². The molecule has 3 rings (SSSR count). The van der Waals surface area contributed by atoms with Crippen molar-refractivity contribution >= 4 is 11.6 Å². The molecule has 1 saturated heterocycles. The third kappa shape index (κ3) is 3.65. The van der Waals surface area contributed by atoms with Crippen molar-refractivity contribution in [3.63, 3.8) is 0 Å². The summed E-state index contributed by atoms with van der Waals surface area (Å²) in [4.78, 5) is 14.1. The Bertz CT molecular complexity index is 529. The number of aryl methyl sites for hydroxylation is 1. The first-order valence-corrected chi connectivity index (χ1v) is 8.02. The molecule has 120 valence electrons. The van der Waals surface area contributed by atoms with Crippen LogP contribution in [0.3, 0.4) is 0 Å².